The van der Waals surface area contributed by atoms with Gasteiger partial charge >= 0.3 is 0 Å². The highest BCUT2D eigenvalue weighted by Crippen LogP contribution is 2.24. The number of aromatic nitrogens is 2. The van der Waals surface area contributed by atoms with Crippen molar-refractivity contribution in [2.24, 2.45) is 0 Å². The molecule has 0 aliphatic carbocycles. The van der Waals surface area contributed by atoms with Crippen LogP contribution in [0.4, 0.5) is 11.5 Å². The van der Waals surface area contributed by atoms with E-state index in [0.717, 1.165) is 11.1 Å². The molecule has 2 aromatic carbocycles. The van der Waals surface area contributed by atoms with Crippen LogP contribution < -0.4 is 10.6 Å². The van der Waals surface area contributed by atoms with E-state index in [-0.39, 0.29) is 11.6 Å². The predicted molar refractivity (Wildman–Crippen MR) is 104 cm³/mol. The summed E-state index contributed by atoms with van der Waals surface area (Å²) in [7, 11) is 0. The Morgan fingerprint density at radius 2 is 1.81 bits per heavy atom. The van der Waals surface area contributed by atoms with Crippen LogP contribution in [0.5, 0.6) is 0 Å². The summed E-state index contributed by atoms with van der Waals surface area (Å²) in [4.78, 5) is 20.5. The molecule has 2 N–H and O–H groups in total. The van der Waals surface area contributed by atoms with Gasteiger partial charge in [-0.1, -0.05) is 53.0 Å². The minimum absolute atomic E-state index is 0.243. The first-order valence-corrected chi connectivity index (χ1v) is 8.64. The number of nitrogens with one attached hydrogen (secondary N) is 2. The van der Waals surface area contributed by atoms with Crippen LogP contribution in [-0.2, 0) is 6.54 Å². The third-order valence-electron chi connectivity index (χ3n) is 3.55. The van der Waals surface area contributed by atoms with Crippen LogP contribution in [0.3, 0.4) is 0 Å². The molecule has 0 bridgehead atoms. The molecule has 3 rings (SSSR count). The highest BCUT2D eigenvalue weighted by molar-refractivity contribution is 6.35. The normalized spacial score (nSPS) is 10.4. The number of aryl methyl sites for hydroxylation is 1. The Morgan fingerprint density at radius 1 is 1.04 bits per heavy atom. The van der Waals surface area contributed by atoms with Gasteiger partial charge in [-0.25, -0.2) is 9.97 Å². The van der Waals surface area contributed by atoms with Gasteiger partial charge in [0.25, 0.3) is 5.91 Å². The summed E-state index contributed by atoms with van der Waals surface area (Å²) in [6.07, 6.45) is 2.90. The van der Waals surface area contributed by atoms with Gasteiger partial charge < -0.3 is 10.6 Å². The van der Waals surface area contributed by atoms with E-state index in [2.05, 4.69) is 20.6 Å². The van der Waals surface area contributed by atoms with E-state index in [9.17, 15) is 4.79 Å². The summed E-state index contributed by atoms with van der Waals surface area (Å²) in [5, 5.41) is 6.90. The fourth-order valence-corrected chi connectivity index (χ4v) is 2.90. The molecule has 0 radical (unpaired) electrons. The van der Waals surface area contributed by atoms with Crippen LogP contribution in [0.1, 0.15) is 21.6 Å². The molecule has 1 amide bonds. The fourth-order valence-electron chi connectivity index (χ4n) is 2.38. The van der Waals surface area contributed by atoms with Gasteiger partial charge in [-0.15, -0.1) is 0 Å². The predicted octanol–water partition coefficient (Wildman–Crippen LogP) is 4.77. The zero-order valence-electron chi connectivity index (χ0n) is 14.0. The molecule has 7 heteroatoms. The Balaban J connectivity index is 1.62. The molecule has 132 valence electrons. The standard InChI is InChI=1S/C19H16Cl2N4O/c1-12-3-2-4-13(5-12)9-24-19(26)17-10-23-18(11-22-17)25-16-7-14(20)6-15(21)8-16/h2-8,10-11H,9H2,1H3,(H,23,25)(H,24,26). The molecule has 0 unspecified atom stereocenters. The summed E-state index contributed by atoms with van der Waals surface area (Å²) in [5.74, 6) is 0.204. The van der Waals surface area contributed by atoms with Gasteiger partial charge in [-0.3, -0.25) is 4.79 Å². The van der Waals surface area contributed by atoms with Gasteiger partial charge in [-0.05, 0) is 30.7 Å². The Kier molecular flexibility index (Phi) is 5.71. The Bertz CT molecular complexity index is 909. The molecule has 0 atom stereocenters. The summed E-state index contributed by atoms with van der Waals surface area (Å²) >= 11 is 11.9. The highest BCUT2D eigenvalue weighted by Gasteiger charge is 2.08. The number of halogens is 2. The molecular weight excluding hydrogens is 371 g/mol. The maximum absolute atomic E-state index is 12.2. The first kappa shape index (κ1) is 18.2. The third kappa shape index (κ3) is 4.94. The van der Waals surface area contributed by atoms with E-state index in [1.54, 1.807) is 18.2 Å². The number of benzene rings is 2. The Labute approximate surface area is 161 Å². The minimum Gasteiger partial charge on any atom is -0.347 e. The Morgan fingerprint density at radius 3 is 2.46 bits per heavy atom. The van der Waals surface area contributed by atoms with Crippen molar-refractivity contribution in [3.8, 4) is 0 Å². The number of hydrogen-bond acceptors (Lipinski definition) is 4. The largest absolute Gasteiger partial charge is 0.347 e. The Hall–Kier alpha value is -2.63. The van der Waals surface area contributed by atoms with Gasteiger partial charge in [0.05, 0.1) is 12.4 Å². The van der Waals surface area contributed by atoms with Crippen molar-refractivity contribution in [1.29, 1.82) is 0 Å². The summed E-state index contributed by atoms with van der Waals surface area (Å²) in [6.45, 7) is 2.44. The van der Waals surface area contributed by atoms with Crippen LogP contribution in [0.15, 0.2) is 54.9 Å². The quantitative estimate of drug-likeness (QED) is 0.662. The molecule has 0 aliphatic rings. The minimum atomic E-state index is -0.281. The molecule has 0 saturated carbocycles. The van der Waals surface area contributed by atoms with Crippen molar-refractivity contribution in [2.45, 2.75) is 13.5 Å². The number of amides is 1. The summed E-state index contributed by atoms with van der Waals surface area (Å²) < 4.78 is 0. The molecule has 0 spiro atoms. The molecule has 5 nitrogen and oxygen atoms in total. The highest BCUT2D eigenvalue weighted by atomic mass is 35.5. The first-order valence-electron chi connectivity index (χ1n) is 7.88. The zero-order valence-corrected chi connectivity index (χ0v) is 15.5. The summed E-state index contributed by atoms with van der Waals surface area (Å²) in [5.41, 5.74) is 3.11. The third-order valence-corrected chi connectivity index (χ3v) is 3.99. The van der Waals surface area contributed by atoms with Crippen LogP contribution in [0, 0.1) is 6.92 Å². The molecule has 26 heavy (non-hydrogen) atoms. The van der Waals surface area contributed by atoms with Crippen LogP contribution >= 0.6 is 23.2 Å². The van der Waals surface area contributed by atoms with E-state index in [4.69, 9.17) is 23.2 Å². The van der Waals surface area contributed by atoms with Crippen molar-refractivity contribution in [3.63, 3.8) is 0 Å². The van der Waals surface area contributed by atoms with Gasteiger partial charge in [0, 0.05) is 22.3 Å². The van der Waals surface area contributed by atoms with E-state index in [1.807, 2.05) is 31.2 Å². The van der Waals surface area contributed by atoms with Crippen molar-refractivity contribution < 1.29 is 4.79 Å². The van der Waals surface area contributed by atoms with E-state index >= 15 is 0 Å². The molecule has 1 heterocycles. The molecule has 0 aliphatic heterocycles. The zero-order chi connectivity index (χ0) is 18.5. The number of carbonyl (C=O) groups excluding carboxylic acids is 1. The van der Waals surface area contributed by atoms with Gasteiger partial charge in [-0.2, -0.15) is 0 Å². The van der Waals surface area contributed by atoms with Gasteiger partial charge in [0.15, 0.2) is 0 Å². The van der Waals surface area contributed by atoms with E-state index < -0.39 is 0 Å². The fraction of sp³-hybridized carbons (Fsp3) is 0.105. The smallest absolute Gasteiger partial charge is 0.271 e. The van der Waals surface area contributed by atoms with E-state index in [0.29, 0.717) is 28.1 Å². The SMILES string of the molecule is Cc1cccc(CNC(=O)c2cnc(Nc3cc(Cl)cc(Cl)c3)cn2)c1. The van der Waals surface area contributed by atoms with Crippen molar-refractivity contribution in [3.05, 3.63) is 81.7 Å². The average molecular weight is 387 g/mol. The lowest BCUT2D eigenvalue weighted by atomic mass is 10.1. The number of hydrogen-bond donors (Lipinski definition) is 2. The maximum Gasteiger partial charge on any atom is 0.271 e. The molecule has 1 aromatic heterocycles. The lowest BCUT2D eigenvalue weighted by Crippen LogP contribution is -2.24. The monoisotopic (exact) mass is 386 g/mol. The van der Waals surface area contributed by atoms with E-state index in [1.165, 1.54) is 12.4 Å². The lowest BCUT2D eigenvalue weighted by molar-refractivity contribution is 0.0945. The van der Waals surface area contributed by atoms with Crippen LogP contribution in [0.25, 0.3) is 0 Å². The van der Waals surface area contributed by atoms with Crippen LogP contribution in [0.2, 0.25) is 10.0 Å². The van der Waals surface area contributed by atoms with Gasteiger partial charge in [0.1, 0.15) is 11.5 Å². The lowest BCUT2D eigenvalue weighted by Gasteiger charge is -2.08. The number of nitrogens with zero attached hydrogens (tertiary/aromatic N) is 2. The first-order chi connectivity index (χ1) is 12.5. The second kappa shape index (κ2) is 8.17. The number of rotatable bonds is 5. The van der Waals surface area contributed by atoms with Crippen molar-refractivity contribution in [1.82, 2.24) is 15.3 Å². The number of anilines is 2. The second-order valence-corrected chi connectivity index (χ2v) is 6.61. The average Bonchev–Trinajstić information content (AvgIpc) is 2.59. The number of carbonyl (C=O) groups is 1. The van der Waals surface area contributed by atoms with Crippen LogP contribution in [-0.4, -0.2) is 15.9 Å². The molecule has 0 fully saturated rings. The molecule has 0 saturated heterocycles. The second-order valence-electron chi connectivity index (χ2n) is 5.74. The topological polar surface area (TPSA) is 66.9 Å². The molecular formula is C19H16Cl2N4O. The van der Waals surface area contributed by atoms with Gasteiger partial charge in [0.2, 0.25) is 0 Å². The summed E-state index contributed by atoms with van der Waals surface area (Å²) in [6, 6.07) is 13.0. The van der Waals surface area contributed by atoms with Crippen molar-refractivity contribution in [2.75, 3.05) is 5.32 Å². The molecule has 3 aromatic rings. The maximum atomic E-state index is 12.2. The van der Waals surface area contributed by atoms with Crippen molar-refractivity contribution >= 4 is 40.6 Å².